The normalized spacial score (nSPS) is 10.4. The monoisotopic (exact) mass is 217 g/mol. The van der Waals surface area contributed by atoms with E-state index in [4.69, 9.17) is 5.11 Å². The fraction of sp³-hybridized carbons (Fsp3) is 0.182. The van der Waals surface area contributed by atoms with Gasteiger partial charge in [-0.25, -0.2) is 9.48 Å². The smallest absolute Gasteiger partial charge is 0.356 e. The largest absolute Gasteiger partial charge is 0.476 e. The lowest BCUT2D eigenvalue weighted by atomic mass is 10.1. The minimum atomic E-state index is -1.02. The number of hydrogen-bond acceptors (Lipinski definition) is 3. The lowest BCUT2D eigenvalue weighted by Gasteiger charge is -2.00. The zero-order valence-corrected chi connectivity index (χ0v) is 9.01. The zero-order valence-electron chi connectivity index (χ0n) is 9.01. The van der Waals surface area contributed by atoms with Crippen molar-refractivity contribution in [2.24, 2.45) is 7.05 Å². The highest BCUT2D eigenvalue weighted by Crippen LogP contribution is 2.20. The summed E-state index contributed by atoms with van der Waals surface area (Å²) >= 11 is 0. The fourth-order valence-corrected chi connectivity index (χ4v) is 1.50. The maximum Gasteiger partial charge on any atom is 0.356 e. The van der Waals surface area contributed by atoms with Gasteiger partial charge in [0, 0.05) is 12.6 Å². The van der Waals surface area contributed by atoms with Crippen molar-refractivity contribution in [3.05, 3.63) is 35.5 Å². The van der Waals surface area contributed by atoms with Crippen molar-refractivity contribution >= 4 is 5.97 Å². The van der Waals surface area contributed by atoms with E-state index < -0.39 is 5.97 Å². The molecule has 2 rings (SSSR count). The maximum absolute atomic E-state index is 11.0. The summed E-state index contributed by atoms with van der Waals surface area (Å²) in [6, 6.07) is 7.50. The first-order valence-corrected chi connectivity index (χ1v) is 4.79. The Labute approximate surface area is 92.3 Å². The molecule has 0 radical (unpaired) electrons. The molecule has 0 aliphatic heterocycles. The van der Waals surface area contributed by atoms with Gasteiger partial charge in [0.25, 0.3) is 0 Å². The van der Waals surface area contributed by atoms with Crippen LogP contribution in [-0.2, 0) is 7.05 Å². The average Bonchev–Trinajstić information content (AvgIpc) is 2.61. The minimum Gasteiger partial charge on any atom is -0.476 e. The lowest BCUT2D eigenvalue weighted by Crippen LogP contribution is -2.06. The Hall–Kier alpha value is -2.17. The molecule has 0 fully saturated rings. The first-order valence-electron chi connectivity index (χ1n) is 4.79. The molecule has 1 heterocycles. The Morgan fingerprint density at radius 1 is 1.31 bits per heavy atom. The van der Waals surface area contributed by atoms with Crippen molar-refractivity contribution in [3.63, 3.8) is 0 Å². The first kappa shape index (κ1) is 10.4. The number of aryl methyl sites for hydroxylation is 2. The quantitative estimate of drug-likeness (QED) is 0.827. The van der Waals surface area contributed by atoms with Crippen LogP contribution in [0.15, 0.2) is 24.3 Å². The minimum absolute atomic E-state index is 0.101. The molecule has 0 spiro atoms. The molecular weight excluding hydrogens is 206 g/mol. The van der Waals surface area contributed by atoms with Gasteiger partial charge in [-0.1, -0.05) is 35.0 Å². The van der Waals surface area contributed by atoms with Gasteiger partial charge < -0.3 is 5.11 Å². The number of aromatic nitrogens is 3. The lowest BCUT2D eigenvalue weighted by molar-refractivity contribution is 0.0686. The standard InChI is InChI=1S/C11H11N3O2/c1-7-3-5-8(6-4-7)9-10(11(15)16)14(2)13-12-9/h3-6H,1-2H3,(H,15,16). The van der Waals surface area contributed by atoms with E-state index in [1.54, 1.807) is 7.05 Å². The number of carboxylic acid groups (broad SMARTS) is 1. The molecule has 0 aliphatic carbocycles. The van der Waals surface area contributed by atoms with E-state index in [9.17, 15) is 4.79 Å². The van der Waals surface area contributed by atoms with E-state index in [1.807, 2.05) is 31.2 Å². The number of rotatable bonds is 2. The summed E-state index contributed by atoms with van der Waals surface area (Å²) in [5, 5.41) is 16.6. The van der Waals surface area contributed by atoms with Crippen LogP contribution >= 0.6 is 0 Å². The van der Waals surface area contributed by atoms with Crippen LogP contribution in [0.4, 0.5) is 0 Å². The predicted octanol–water partition coefficient (Wildman–Crippen LogP) is 1.49. The van der Waals surface area contributed by atoms with Crippen LogP contribution in [0.5, 0.6) is 0 Å². The predicted molar refractivity (Wildman–Crippen MR) is 58.1 cm³/mol. The molecule has 0 bridgehead atoms. The van der Waals surface area contributed by atoms with Gasteiger partial charge in [-0.2, -0.15) is 0 Å². The van der Waals surface area contributed by atoms with Gasteiger partial charge >= 0.3 is 5.97 Å². The third-order valence-electron chi connectivity index (χ3n) is 2.35. The van der Waals surface area contributed by atoms with Crippen molar-refractivity contribution < 1.29 is 9.90 Å². The SMILES string of the molecule is Cc1ccc(-c2nnn(C)c2C(=O)O)cc1. The number of aromatic carboxylic acids is 1. The molecule has 0 saturated carbocycles. The first-order chi connectivity index (χ1) is 7.59. The highest BCUT2D eigenvalue weighted by Gasteiger charge is 2.18. The van der Waals surface area contributed by atoms with Crippen molar-refractivity contribution in [2.75, 3.05) is 0 Å². The Bertz CT molecular complexity index is 529. The zero-order chi connectivity index (χ0) is 11.7. The van der Waals surface area contributed by atoms with Crippen LogP contribution in [0.25, 0.3) is 11.3 Å². The number of carbonyl (C=O) groups is 1. The molecule has 0 saturated heterocycles. The molecule has 1 aromatic heterocycles. The van der Waals surface area contributed by atoms with E-state index in [0.29, 0.717) is 5.69 Å². The van der Waals surface area contributed by atoms with E-state index in [0.717, 1.165) is 11.1 Å². The Morgan fingerprint density at radius 2 is 1.94 bits per heavy atom. The summed E-state index contributed by atoms with van der Waals surface area (Å²) in [7, 11) is 1.56. The van der Waals surface area contributed by atoms with Gasteiger partial charge in [0.2, 0.25) is 0 Å². The van der Waals surface area contributed by atoms with Gasteiger partial charge in [0.1, 0.15) is 5.69 Å². The van der Waals surface area contributed by atoms with E-state index in [1.165, 1.54) is 4.68 Å². The molecule has 0 atom stereocenters. The molecule has 16 heavy (non-hydrogen) atoms. The second kappa shape index (κ2) is 3.77. The Morgan fingerprint density at radius 3 is 2.50 bits per heavy atom. The summed E-state index contributed by atoms with van der Waals surface area (Å²) in [6.07, 6.45) is 0. The van der Waals surface area contributed by atoms with Gasteiger partial charge in [-0.05, 0) is 6.92 Å². The molecule has 0 unspecified atom stereocenters. The van der Waals surface area contributed by atoms with Crippen molar-refractivity contribution in [1.82, 2.24) is 15.0 Å². The molecular formula is C11H11N3O2. The van der Waals surface area contributed by atoms with Gasteiger partial charge in [0.05, 0.1) is 0 Å². The van der Waals surface area contributed by atoms with Crippen LogP contribution in [0.3, 0.4) is 0 Å². The number of hydrogen-bond donors (Lipinski definition) is 1. The van der Waals surface area contributed by atoms with E-state index >= 15 is 0 Å². The molecule has 0 amide bonds. The van der Waals surface area contributed by atoms with Gasteiger partial charge in [-0.3, -0.25) is 0 Å². The molecule has 5 heteroatoms. The molecule has 82 valence electrons. The van der Waals surface area contributed by atoms with Crippen LogP contribution in [0.2, 0.25) is 0 Å². The van der Waals surface area contributed by atoms with Crippen LogP contribution < -0.4 is 0 Å². The highest BCUT2D eigenvalue weighted by molar-refractivity contribution is 5.92. The van der Waals surface area contributed by atoms with Crippen LogP contribution in [0.1, 0.15) is 16.1 Å². The third kappa shape index (κ3) is 1.67. The second-order valence-electron chi connectivity index (χ2n) is 3.58. The van der Waals surface area contributed by atoms with Crippen LogP contribution in [-0.4, -0.2) is 26.1 Å². The van der Waals surface area contributed by atoms with Crippen molar-refractivity contribution in [2.45, 2.75) is 6.92 Å². The third-order valence-corrected chi connectivity index (χ3v) is 2.35. The summed E-state index contributed by atoms with van der Waals surface area (Å²) in [5.74, 6) is -1.02. The van der Waals surface area contributed by atoms with Crippen molar-refractivity contribution in [1.29, 1.82) is 0 Å². The molecule has 0 aliphatic rings. The summed E-state index contributed by atoms with van der Waals surface area (Å²) in [5.41, 5.74) is 2.37. The Kier molecular flexibility index (Phi) is 2.44. The van der Waals surface area contributed by atoms with Crippen LogP contribution in [0, 0.1) is 6.92 Å². The molecule has 1 aromatic carbocycles. The molecule has 5 nitrogen and oxygen atoms in total. The summed E-state index contributed by atoms with van der Waals surface area (Å²) < 4.78 is 1.26. The maximum atomic E-state index is 11.0. The van der Waals surface area contributed by atoms with Crippen molar-refractivity contribution in [3.8, 4) is 11.3 Å². The van der Waals surface area contributed by atoms with E-state index in [-0.39, 0.29) is 5.69 Å². The summed E-state index contributed by atoms with van der Waals surface area (Å²) in [4.78, 5) is 11.0. The number of benzene rings is 1. The van der Waals surface area contributed by atoms with Gasteiger partial charge in [-0.15, -0.1) is 5.10 Å². The topological polar surface area (TPSA) is 68.0 Å². The molecule has 1 N–H and O–H groups in total. The Balaban J connectivity index is 2.56. The number of nitrogens with zero attached hydrogens (tertiary/aromatic N) is 3. The summed E-state index contributed by atoms with van der Waals surface area (Å²) in [6.45, 7) is 1.97. The van der Waals surface area contributed by atoms with E-state index in [2.05, 4.69) is 10.3 Å². The number of carboxylic acids is 1. The fourth-order valence-electron chi connectivity index (χ4n) is 1.50. The molecule has 2 aromatic rings. The highest BCUT2D eigenvalue weighted by atomic mass is 16.4. The second-order valence-corrected chi connectivity index (χ2v) is 3.58. The van der Waals surface area contributed by atoms with Gasteiger partial charge in [0.15, 0.2) is 5.69 Å². The average molecular weight is 217 g/mol.